The summed E-state index contributed by atoms with van der Waals surface area (Å²) in [5, 5.41) is 4.67. The molecular weight excluding hydrogens is 436 g/mol. The first-order valence-corrected chi connectivity index (χ1v) is 10.6. The molecule has 0 atom stereocenters. The molecule has 0 aliphatic heterocycles. The maximum absolute atomic E-state index is 12.8. The molecule has 28 heavy (non-hydrogen) atoms. The molecule has 0 saturated heterocycles. The average Bonchev–Trinajstić information content (AvgIpc) is 2.93. The Bertz CT molecular complexity index is 1000. The van der Waals surface area contributed by atoms with Gasteiger partial charge in [0.05, 0.1) is 21.7 Å². The van der Waals surface area contributed by atoms with Crippen molar-refractivity contribution in [2.75, 3.05) is 0 Å². The Hall–Kier alpha value is -2.05. The molecule has 0 N–H and O–H groups in total. The van der Waals surface area contributed by atoms with Gasteiger partial charge in [-0.05, 0) is 65.0 Å². The minimum absolute atomic E-state index is 0.330. The highest BCUT2D eigenvalue weighted by Crippen LogP contribution is 2.40. The fourth-order valence-electron chi connectivity index (χ4n) is 2.64. The van der Waals surface area contributed by atoms with E-state index in [0.717, 1.165) is 20.0 Å². The van der Waals surface area contributed by atoms with Gasteiger partial charge in [0.25, 0.3) is 0 Å². The van der Waals surface area contributed by atoms with E-state index >= 15 is 0 Å². The number of hydrogen-bond acceptors (Lipinski definition) is 4. The molecule has 2 aromatic carbocycles. The molecule has 0 radical (unpaired) electrons. The van der Waals surface area contributed by atoms with Gasteiger partial charge >= 0.3 is 5.97 Å². The van der Waals surface area contributed by atoms with E-state index in [1.165, 1.54) is 5.56 Å². The fraction of sp³-hybridized carbons (Fsp3) is 0.273. The Morgan fingerprint density at radius 1 is 1.11 bits per heavy atom. The lowest BCUT2D eigenvalue weighted by Crippen LogP contribution is -2.25. The van der Waals surface area contributed by atoms with Crippen LogP contribution < -0.4 is 4.74 Å². The summed E-state index contributed by atoms with van der Waals surface area (Å²) in [4.78, 5) is 14.7. The lowest BCUT2D eigenvalue weighted by molar-refractivity contribution is 0.0704. The highest BCUT2D eigenvalue weighted by Gasteiger charge is 2.27. The van der Waals surface area contributed by atoms with Crippen LogP contribution in [0.5, 0.6) is 5.88 Å². The van der Waals surface area contributed by atoms with Crippen LogP contribution in [0.3, 0.4) is 0 Å². The van der Waals surface area contributed by atoms with Crippen molar-refractivity contribution >= 4 is 33.7 Å². The smallest absolute Gasteiger partial charge is 0.344 e. The summed E-state index contributed by atoms with van der Waals surface area (Å²) in [6.07, 6.45) is 0. The van der Waals surface area contributed by atoms with Crippen LogP contribution in [0.1, 0.15) is 42.4 Å². The van der Waals surface area contributed by atoms with Gasteiger partial charge in [0, 0.05) is 9.37 Å². The normalized spacial score (nSPS) is 11.5. The third kappa shape index (κ3) is 4.67. The zero-order valence-electron chi connectivity index (χ0n) is 16.6. The number of benzene rings is 2. The SMILES string of the molecule is Cc1ccc(Sc2c(C)nn(C(C)(C)C)c2OC(=O)c2cccc(Br)c2)cc1. The molecule has 0 aliphatic rings. The van der Waals surface area contributed by atoms with Crippen LogP contribution in [0.25, 0.3) is 0 Å². The van der Waals surface area contributed by atoms with Gasteiger partial charge < -0.3 is 4.74 Å². The molecule has 1 heterocycles. The highest BCUT2D eigenvalue weighted by atomic mass is 79.9. The van der Waals surface area contributed by atoms with Gasteiger partial charge in [0.1, 0.15) is 0 Å². The first kappa shape index (κ1) is 20.7. The van der Waals surface area contributed by atoms with E-state index < -0.39 is 5.97 Å². The Morgan fingerprint density at radius 2 is 1.79 bits per heavy atom. The molecule has 1 aromatic heterocycles. The predicted octanol–water partition coefficient (Wildman–Crippen LogP) is 6.39. The maximum Gasteiger partial charge on any atom is 0.344 e. The van der Waals surface area contributed by atoms with Crippen LogP contribution in [0, 0.1) is 13.8 Å². The van der Waals surface area contributed by atoms with Gasteiger partial charge in [-0.15, -0.1) is 0 Å². The lowest BCUT2D eigenvalue weighted by Gasteiger charge is -2.22. The van der Waals surface area contributed by atoms with Crippen molar-refractivity contribution < 1.29 is 9.53 Å². The quantitative estimate of drug-likeness (QED) is 0.424. The van der Waals surface area contributed by atoms with E-state index in [4.69, 9.17) is 4.74 Å². The zero-order valence-corrected chi connectivity index (χ0v) is 19.0. The molecule has 0 unspecified atom stereocenters. The predicted molar refractivity (Wildman–Crippen MR) is 116 cm³/mol. The third-order valence-corrected chi connectivity index (χ3v) is 5.77. The fourth-order valence-corrected chi connectivity index (χ4v) is 3.95. The van der Waals surface area contributed by atoms with Gasteiger partial charge in [-0.25, -0.2) is 9.48 Å². The van der Waals surface area contributed by atoms with Crippen molar-refractivity contribution in [1.29, 1.82) is 0 Å². The summed E-state index contributed by atoms with van der Waals surface area (Å²) in [6.45, 7) is 10.1. The van der Waals surface area contributed by atoms with Crippen LogP contribution in [0.15, 0.2) is 62.8 Å². The Balaban J connectivity index is 2.01. The van der Waals surface area contributed by atoms with Gasteiger partial charge in [0.2, 0.25) is 5.88 Å². The van der Waals surface area contributed by atoms with Gasteiger partial charge in [0.15, 0.2) is 0 Å². The molecule has 3 rings (SSSR count). The van der Waals surface area contributed by atoms with E-state index in [9.17, 15) is 4.79 Å². The molecule has 0 spiro atoms. The number of halogens is 1. The molecule has 0 bridgehead atoms. The monoisotopic (exact) mass is 458 g/mol. The number of hydrogen-bond donors (Lipinski definition) is 0. The first-order valence-electron chi connectivity index (χ1n) is 8.97. The first-order chi connectivity index (χ1) is 13.1. The van der Waals surface area contributed by atoms with Crippen molar-refractivity contribution in [2.45, 2.75) is 49.9 Å². The second kappa shape index (κ2) is 8.13. The van der Waals surface area contributed by atoms with E-state index in [2.05, 4.69) is 52.2 Å². The highest BCUT2D eigenvalue weighted by molar-refractivity contribution is 9.10. The van der Waals surface area contributed by atoms with Crippen molar-refractivity contribution in [3.63, 3.8) is 0 Å². The van der Waals surface area contributed by atoms with E-state index in [-0.39, 0.29) is 5.54 Å². The Labute approximate surface area is 178 Å². The lowest BCUT2D eigenvalue weighted by atomic mass is 10.1. The summed E-state index contributed by atoms with van der Waals surface area (Å²) < 4.78 is 8.50. The molecule has 0 amide bonds. The summed E-state index contributed by atoms with van der Waals surface area (Å²) >= 11 is 4.96. The maximum atomic E-state index is 12.8. The molecule has 6 heteroatoms. The largest absolute Gasteiger partial charge is 0.403 e. The van der Waals surface area contributed by atoms with Crippen molar-refractivity contribution in [1.82, 2.24) is 9.78 Å². The molecule has 0 fully saturated rings. The number of aryl methyl sites for hydroxylation is 2. The second-order valence-electron chi connectivity index (χ2n) is 7.62. The van der Waals surface area contributed by atoms with Crippen molar-refractivity contribution in [2.24, 2.45) is 0 Å². The van der Waals surface area contributed by atoms with Crippen LogP contribution in [-0.2, 0) is 5.54 Å². The number of ether oxygens (including phenoxy) is 1. The standard InChI is InChI=1S/C22H23BrN2O2S/c1-14-9-11-18(12-10-14)28-19-15(2)24-25(22(3,4)5)20(19)27-21(26)16-7-6-8-17(23)13-16/h6-13H,1-5H3. The molecule has 146 valence electrons. The zero-order chi connectivity index (χ0) is 20.5. The second-order valence-corrected chi connectivity index (χ2v) is 9.62. The number of rotatable bonds is 4. The van der Waals surface area contributed by atoms with Crippen molar-refractivity contribution in [3.05, 3.63) is 69.8 Å². The number of esters is 1. The van der Waals surface area contributed by atoms with Gasteiger partial charge in [-0.3, -0.25) is 0 Å². The third-order valence-electron chi connectivity index (χ3n) is 4.09. The number of aromatic nitrogens is 2. The van der Waals surface area contributed by atoms with Crippen LogP contribution in [0.4, 0.5) is 0 Å². The van der Waals surface area contributed by atoms with E-state index in [1.807, 2.05) is 39.8 Å². The molecule has 0 aliphatic carbocycles. The van der Waals surface area contributed by atoms with Crippen LogP contribution in [0.2, 0.25) is 0 Å². The topological polar surface area (TPSA) is 44.1 Å². The number of carbonyl (C=O) groups excluding carboxylic acids is 1. The van der Waals surface area contributed by atoms with E-state index in [0.29, 0.717) is 11.4 Å². The van der Waals surface area contributed by atoms with Crippen LogP contribution >= 0.6 is 27.7 Å². The molecule has 0 saturated carbocycles. The summed E-state index contributed by atoms with van der Waals surface area (Å²) in [7, 11) is 0. The van der Waals surface area contributed by atoms with Gasteiger partial charge in [-0.2, -0.15) is 5.10 Å². The van der Waals surface area contributed by atoms with Gasteiger partial charge in [-0.1, -0.05) is 51.5 Å². The van der Waals surface area contributed by atoms with Crippen molar-refractivity contribution in [3.8, 4) is 5.88 Å². The summed E-state index contributed by atoms with van der Waals surface area (Å²) in [5.41, 5.74) is 2.19. The number of carbonyl (C=O) groups is 1. The average molecular weight is 459 g/mol. The van der Waals surface area contributed by atoms with Crippen LogP contribution in [-0.4, -0.2) is 15.7 Å². The van der Waals surface area contributed by atoms with E-state index in [1.54, 1.807) is 28.6 Å². The molecule has 3 aromatic rings. The molecular formula is C22H23BrN2O2S. The number of nitrogens with zero attached hydrogens (tertiary/aromatic N) is 2. The summed E-state index contributed by atoms with van der Waals surface area (Å²) in [5.74, 6) is 0.0676. The molecule has 4 nitrogen and oxygen atoms in total. The minimum Gasteiger partial charge on any atom is -0.403 e. The summed E-state index contributed by atoms with van der Waals surface area (Å²) in [6, 6.07) is 15.4. The Morgan fingerprint density at radius 3 is 2.39 bits per heavy atom. The minimum atomic E-state index is -0.405. The Kier molecular flexibility index (Phi) is 6.01.